The highest BCUT2D eigenvalue weighted by Gasteiger charge is 2.18. The van der Waals surface area contributed by atoms with Crippen LogP contribution in [-0.4, -0.2) is 54.0 Å². The molecule has 1 aliphatic rings. The largest absolute Gasteiger partial charge is 0.338 e. The highest BCUT2D eigenvalue weighted by Crippen LogP contribution is 2.24. The average Bonchev–Trinajstić information content (AvgIpc) is 3.12. The molecule has 2 aromatic heterocycles. The number of hydrogen-bond acceptors (Lipinski definition) is 6. The Hall–Kier alpha value is -2.22. The molecule has 3 heterocycles. The molecule has 1 aromatic carbocycles. The van der Waals surface area contributed by atoms with Crippen molar-refractivity contribution in [2.45, 2.75) is 19.8 Å². The molecule has 0 atom stereocenters. The van der Waals surface area contributed by atoms with Gasteiger partial charge in [0.1, 0.15) is 0 Å². The summed E-state index contributed by atoms with van der Waals surface area (Å²) in [5.41, 5.74) is 3.68. The molecule has 1 fully saturated rings. The zero-order valence-electron chi connectivity index (χ0n) is 16.6. The van der Waals surface area contributed by atoms with Crippen molar-refractivity contribution in [1.82, 2.24) is 14.9 Å². The van der Waals surface area contributed by atoms with Crippen molar-refractivity contribution in [3.63, 3.8) is 0 Å². The molecule has 0 unspecified atom stereocenters. The number of nitrogens with zero attached hydrogens (tertiary/aromatic N) is 4. The molecule has 8 heteroatoms. The molecule has 0 aliphatic carbocycles. The van der Waals surface area contributed by atoms with Gasteiger partial charge in [0.2, 0.25) is 11.9 Å². The lowest BCUT2D eigenvalue weighted by Crippen LogP contribution is -2.45. The maximum absolute atomic E-state index is 12.3. The lowest BCUT2D eigenvalue weighted by Gasteiger charge is -2.32. The number of carbonyl (C=O) groups excluding carboxylic acids is 1. The number of carbonyl (C=O) groups is 1. The molecule has 6 nitrogen and oxygen atoms in total. The molecule has 1 N–H and O–H groups in total. The Kier molecular flexibility index (Phi) is 5.99. The first-order valence-electron chi connectivity index (χ1n) is 9.72. The van der Waals surface area contributed by atoms with E-state index in [1.165, 1.54) is 11.3 Å². The molecule has 0 spiro atoms. The summed E-state index contributed by atoms with van der Waals surface area (Å²) in [6, 6.07) is 7.73. The number of halogens is 1. The molecule has 29 heavy (non-hydrogen) atoms. The van der Waals surface area contributed by atoms with E-state index in [1.54, 1.807) is 0 Å². The quantitative estimate of drug-likeness (QED) is 0.664. The Balaban J connectivity index is 1.45. The first-order valence-corrected chi connectivity index (χ1v) is 11.0. The fourth-order valence-corrected chi connectivity index (χ4v) is 4.39. The SMILES string of the molecule is Cc1nc(N2CCN(C)CC2)nc2ccc(NC(=O)CCc3csc(Cl)c3)cc12. The van der Waals surface area contributed by atoms with Gasteiger partial charge in [0.25, 0.3) is 0 Å². The molecule has 1 saturated heterocycles. The first kappa shape index (κ1) is 20.1. The van der Waals surface area contributed by atoms with Crippen LogP contribution in [0, 0.1) is 6.92 Å². The number of aromatic nitrogens is 2. The summed E-state index contributed by atoms with van der Waals surface area (Å²) >= 11 is 7.43. The van der Waals surface area contributed by atoms with Gasteiger partial charge in [-0.15, -0.1) is 11.3 Å². The van der Waals surface area contributed by atoms with Crippen LogP contribution in [0.1, 0.15) is 17.7 Å². The minimum atomic E-state index is -0.0145. The maximum Gasteiger partial charge on any atom is 0.226 e. The number of piperazine rings is 1. The third kappa shape index (κ3) is 4.86. The highest BCUT2D eigenvalue weighted by molar-refractivity contribution is 7.14. The van der Waals surface area contributed by atoms with Crippen LogP contribution < -0.4 is 10.2 Å². The van der Waals surface area contributed by atoms with Crippen LogP contribution >= 0.6 is 22.9 Å². The number of thiophene rings is 1. The number of benzene rings is 1. The van der Waals surface area contributed by atoms with Crippen molar-refractivity contribution in [2.75, 3.05) is 43.4 Å². The molecule has 1 aliphatic heterocycles. The van der Waals surface area contributed by atoms with Gasteiger partial charge in [0, 0.05) is 43.7 Å². The van der Waals surface area contributed by atoms with Crippen LogP contribution in [0.2, 0.25) is 4.34 Å². The van der Waals surface area contributed by atoms with Gasteiger partial charge >= 0.3 is 0 Å². The summed E-state index contributed by atoms with van der Waals surface area (Å²) in [6.45, 7) is 5.90. The third-order valence-corrected chi connectivity index (χ3v) is 6.35. The Morgan fingerprint density at radius 2 is 2.00 bits per heavy atom. The van der Waals surface area contributed by atoms with E-state index in [4.69, 9.17) is 21.6 Å². The van der Waals surface area contributed by atoms with E-state index in [0.717, 1.165) is 64.3 Å². The van der Waals surface area contributed by atoms with Crippen molar-refractivity contribution in [2.24, 2.45) is 0 Å². The van der Waals surface area contributed by atoms with Crippen molar-refractivity contribution in [3.8, 4) is 0 Å². The predicted molar refractivity (Wildman–Crippen MR) is 120 cm³/mol. The number of aryl methyl sites for hydroxylation is 2. The second kappa shape index (κ2) is 8.65. The van der Waals surface area contributed by atoms with Crippen molar-refractivity contribution < 1.29 is 4.79 Å². The fourth-order valence-electron chi connectivity index (χ4n) is 3.45. The monoisotopic (exact) mass is 429 g/mol. The van der Waals surface area contributed by atoms with Gasteiger partial charge in [0.15, 0.2) is 0 Å². The van der Waals surface area contributed by atoms with Crippen LogP contribution in [0.25, 0.3) is 10.9 Å². The van der Waals surface area contributed by atoms with Gasteiger partial charge in [-0.2, -0.15) is 0 Å². The zero-order chi connectivity index (χ0) is 20.4. The highest BCUT2D eigenvalue weighted by atomic mass is 35.5. The van der Waals surface area contributed by atoms with Crippen LogP contribution in [0.3, 0.4) is 0 Å². The van der Waals surface area contributed by atoms with Gasteiger partial charge in [-0.1, -0.05) is 11.6 Å². The summed E-state index contributed by atoms with van der Waals surface area (Å²) < 4.78 is 0.751. The van der Waals surface area contributed by atoms with Crippen molar-refractivity contribution in [3.05, 3.63) is 45.2 Å². The van der Waals surface area contributed by atoms with E-state index in [2.05, 4.69) is 22.2 Å². The molecular formula is C21H24ClN5OS. The Morgan fingerprint density at radius 1 is 1.21 bits per heavy atom. The Labute approximate surface area is 179 Å². The topological polar surface area (TPSA) is 61.4 Å². The predicted octanol–water partition coefficient (Wildman–Crippen LogP) is 3.98. The first-order chi connectivity index (χ1) is 14.0. The van der Waals surface area contributed by atoms with Crippen molar-refractivity contribution >= 4 is 51.4 Å². The molecule has 4 rings (SSSR count). The molecule has 0 radical (unpaired) electrons. The number of amides is 1. The maximum atomic E-state index is 12.3. The Bertz CT molecular complexity index is 1030. The average molecular weight is 430 g/mol. The van der Waals surface area contributed by atoms with Crippen LogP contribution in [0.4, 0.5) is 11.6 Å². The van der Waals surface area contributed by atoms with Gasteiger partial charge < -0.3 is 15.1 Å². The second-order valence-electron chi connectivity index (χ2n) is 7.44. The van der Waals surface area contributed by atoms with Gasteiger partial charge in [0.05, 0.1) is 15.5 Å². The smallest absolute Gasteiger partial charge is 0.226 e. The van der Waals surface area contributed by atoms with E-state index in [0.29, 0.717) is 12.8 Å². The van der Waals surface area contributed by atoms with Gasteiger partial charge in [-0.25, -0.2) is 9.97 Å². The summed E-state index contributed by atoms with van der Waals surface area (Å²) in [7, 11) is 2.13. The number of hydrogen-bond donors (Lipinski definition) is 1. The Morgan fingerprint density at radius 3 is 2.72 bits per heavy atom. The lowest BCUT2D eigenvalue weighted by atomic mass is 10.1. The minimum Gasteiger partial charge on any atom is -0.338 e. The molecular weight excluding hydrogens is 406 g/mol. The second-order valence-corrected chi connectivity index (χ2v) is 8.98. The number of likely N-dealkylation sites (N-methyl/N-ethyl adjacent to an activating group) is 1. The van der Waals surface area contributed by atoms with E-state index < -0.39 is 0 Å². The van der Waals surface area contributed by atoms with E-state index >= 15 is 0 Å². The zero-order valence-corrected chi connectivity index (χ0v) is 18.2. The minimum absolute atomic E-state index is 0.0145. The summed E-state index contributed by atoms with van der Waals surface area (Å²) in [5, 5.41) is 5.93. The van der Waals surface area contributed by atoms with Crippen molar-refractivity contribution in [1.29, 1.82) is 0 Å². The fraction of sp³-hybridized carbons (Fsp3) is 0.381. The number of anilines is 2. The molecule has 3 aromatic rings. The molecule has 0 saturated carbocycles. The van der Waals surface area contributed by atoms with E-state index in [9.17, 15) is 4.79 Å². The van der Waals surface area contributed by atoms with E-state index in [1.807, 2.05) is 36.6 Å². The summed E-state index contributed by atoms with van der Waals surface area (Å²) in [4.78, 5) is 26.3. The van der Waals surface area contributed by atoms with Crippen LogP contribution in [-0.2, 0) is 11.2 Å². The molecule has 1 amide bonds. The van der Waals surface area contributed by atoms with Crippen LogP contribution in [0.15, 0.2) is 29.6 Å². The number of fused-ring (bicyclic) bond motifs is 1. The van der Waals surface area contributed by atoms with Gasteiger partial charge in [-0.05, 0) is 55.6 Å². The summed E-state index contributed by atoms with van der Waals surface area (Å²) in [6.07, 6.45) is 1.10. The standard InChI is InChI=1S/C21H24ClN5OS/c1-14-17-12-16(24-20(28)6-3-15-11-19(22)29-13-15)4-5-18(17)25-21(23-14)27-9-7-26(2)8-10-27/h4-5,11-13H,3,6-10H2,1-2H3,(H,24,28). The normalized spacial score (nSPS) is 15.1. The van der Waals surface area contributed by atoms with Crippen LogP contribution in [0.5, 0.6) is 0 Å². The molecule has 0 bridgehead atoms. The lowest BCUT2D eigenvalue weighted by molar-refractivity contribution is -0.116. The number of rotatable bonds is 5. The van der Waals surface area contributed by atoms with E-state index in [-0.39, 0.29) is 5.91 Å². The molecule has 152 valence electrons. The third-order valence-electron chi connectivity index (χ3n) is 5.21. The van der Waals surface area contributed by atoms with Gasteiger partial charge in [-0.3, -0.25) is 4.79 Å². The summed E-state index contributed by atoms with van der Waals surface area (Å²) in [5.74, 6) is 0.772. The number of nitrogens with one attached hydrogen (secondary N) is 1.